The number of urea groups is 1. The van der Waals surface area contributed by atoms with Gasteiger partial charge in [0.05, 0.1) is 0 Å². The standard InChI is InChI=1S/C13H15BrN2O3/c1-19-7-3-6-16-12(17)11(15-13(16)18)9-4-2-5-10(14)8-9/h2,4-5,8,11H,3,6-7H2,1H3,(H,15,18). The summed E-state index contributed by atoms with van der Waals surface area (Å²) >= 11 is 3.36. The van der Waals surface area contributed by atoms with E-state index in [9.17, 15) is 9.59 Å². The first-order chi connectivity index (χ1) is 9.13. The van der Waals surface area contributed by atoms with Crippen LogP contribution in [0.2, 0.25) is 0 Å². The van der Waals surface area contributed by atoms with Crippen molar-refractivity contribution in [2.24, 2.45) is 0 Å². The van der Waals surface area contributed by atoms with Gasteiger partial charge in [-0.25, -0.2) is 4.79 Å². The van der Waals surface area contributed by atoms with E-state index in [1.54, 1.807) is 7.11 Å². The molecule has 19 heavy (non-hydrogen) atoms. The monoisotopic (exact) mass is 326 g/mol. The number of nitrogens with zero attached hydrogens (tertiary/aromatic N) is 1. The van der Waals surface area contributed by atoms with Crippen LogP contribution in [0.4, 0.5) is 4.79 Å². The molecule has 1 unspecified atom stereocenters. The first-order valence-electron chi connectivity index (χ1n) is 5.99. The Morgan fingerprint density at radius 2 is 2.21 bits per heavy atom. The van der Waals surface area contributed by atoms with E-state index in [2.05, 4.69) is 21.2 Å². The van der Waals surface area contributed by atoms with Gasteiger partial charge in [-0.05, 0) is 24.1 Å². The number of carbonyl (C=O) groups excluding carboxylic acids is 2. The number of halogens is 1. The Balaban J connectivity index is 2.09. The lowest BCUT2D eigenvalue weighted by atomic mass is 10.1. The van der Waals surface area contributed by atoms with E-state index in [1.807, 2.05) is 24.3 Å². The fourth-order valence-electron chi connectivity index (χ4n) is 2.01. The van der Waals surface area contributed by atoms with Crippen LogP contribution < -0.4 is 5.32 Å². The van der Waals surface area contributed by atoms with E-state index in [0.29, 0.717) is 19.6 Å². The van der Waals surface area contributed by atoms with E-state index >= 15 is 0 Å². The van der Waals surface area contributed by atoms with E-state index in [0.717, 1.165) is 10.0 Å². The summed E-state index contributed by atoms with van der Waals surface area (Å²) in [5.41, 5.74) is 0.780. The van der Waals surface area contributed by atoms with E-state index in [-0.39, 0.29) is 11.9 Å². The van der Waals surface area contributed by atoms with Crippen LogP contribution in [-0.2, 0) is 9.53 Å². The molecule has 5 nitrogen and oxygen atoms in total. The van der Waals surface area contributed by atoms with Crippen LogP contribution in [0.25, 0.3) is 0 Å². The van der Waals surface area contributed by atoms with Crippen molar-refractivity contribution in [2.45, 2.75) is 12.5 Å². The van der Waals surface area contributed by atoms with Crippen LogP contribution in [0.5, 0.6) is 0 Å². The SMILES string of the molecule is COCCCN1C(=O)NC(c2cccc(Br)c2)C1=O. The summed E-state index contributed by atoms with van der Waals surface area (Å²) in [5.74, 6) is -0.209. The molecule has 1 atom stereocenters. The third kappa shape index (κ3) is 3.13. The minimum Gasteiger partial charge on any atom is -0.385 e. The average molecular weight is 327 g/mol. The van der Waals surface area contributed by atoms with Crippen LogP contribution in [0.1, 0.15) is 18.0 Å². The van der Waals surface area contributed by atoms with Gasteiger partial charge in [0.25, 0.3) is 5.91 Å². The van der Waals surface area contributed by atoms with Crippen molar-refractivity contribution in [2.75, 3.05) is 20.3 Å². The van der Waals surface area contributed by atoms with E-state index in [4.69, 9.17) is 4.74 Å². The van der Waals surface area contributed by atoms with Crippen molar-refractivity contribution >= 4 is 27.9 Å². The molecule has 1 aliphatic heterocycles. The molecule has 1 aromatic carbocycles. The highest BCUT2D eigenvalue weighted by Gasteiger charge is 2.38. The lowest BCUT2D eigenvalue weighted by molar-refractivity contribution is -0.127. The number of amides is 3. The Morgan fingerprint density at radius 1 is 1.42 bits per heavy atom. The van der Waals surface area contributed by atoms with Crippen molar-refractivity contribution in [3.8, 4) is 0 Å². The first-order valence-corrected chi connectivity index (χ1v) is 6.79. The number of hydrogen-bond donors (Lipinski definition) is 1. The number of rotatable bonds is 5. The van der Waals surface area contributed by atoms with Crippen LogP contribution >= 0.6 is 15.9 Å². The maximum Gasteiger partial charge on any atom is 0.325 e. The molecule has 0 aliphatic carbocycles. The second kappa shape index (κ2) is 6.16. The maximum atomic E-state index is 12.2. The van der Waals surface area contributed by atoms with Gasteiger partial charge in [0.15, 0.2) is 0 Å². The number of hydrogen-bond acceptors (Lipinski definition) is 3. The Morgan fingerprint density at radius 3 is 2.89 bits per heavy atom. The highest BCUT2D eigenvalue weighted by Crippen LogP contribution is 2.24. The summed E-state index contributed by atoms with van der Waals surface area (Å²) in [6.45, 7) is 0.904. The molecule has 0 radical (unpaired) electrons. The Kier molecular flexibility index (Phi) is 4.55. The van der Waals surface area contributed by atoms with Crippen LogP contribution in [-0.4, -0.2) is 37.1 Å². The van der Waals surface area contributed by atoms with E-state index in [1.165, 1.54) is 4.90 Å². The van der Waals surface area contributed by atoms with Gasteiger partial charge in [0, 0.05) is 24.7 Å². The zero-order valence-corrected chi connectivity index (χ0v) is 12.1. The number of imide groups is 1. The quantitative estimate of drug-likeness (QED) is 0.665. The lowest BCUT2D eigenvalue weighted by Gasteiger charge is -2.12. The second-order valence-electron chi connectivity index (χ2n) is 4.27. The summed E-state index contributed by atoms with van der Waals surface area (Å²) in [5, 5.41) is 2.70. The van der Waals surface area contributed by atoms with Crippen molar-refractivity contribution in [3.63, 3.8) is 0 Å². The number of carbonyl (C=O) groups is 2. The molecule has 1 saturated heterocycles. The summed E-state index contributed by atoms with van der Waals surface area (Å²) in [7, 11) is 1.59. The van der Waals surface area contributed by atoms with Crippen molar-refractivity contribution in [1.29, 1.82) is 0 Å². The predicted octanol–water partition coefficient (Wildman–Crippen LogP) is 2.08. The van der Waals surface area contributed by atoms with Crippen LogP contribution in [0, 0.1) is 0 Å². The van der Waals surface area contributed by atoms with Gasteiger partial charge in [-0.15, -0.1) is 0 Å². The first kappa shape index (κ1) is 14.0. The van der Waals surface area contributed by atoms with Crippen molar-refractivity contribution in [1.82, 2.24) is 10.2 Å². The van der Waals surface area contributed by atoms with Gasteiger partial charge >= 0.3 is 6.03 Å². The largest absolute Gasteiger partial charge is 0.385 e. The molecular formula is C13H15BrN2O3. The normalized spacial score (nSPS) is 18.8. The molecule has 1 N–H and O–H groups in total. The smallest absolute Gasteiger partial charge is 0.325 e. The number of ether oxygens (including phenoxy) is 1. The molecule has 2 rings (SSSR count). The van der Waals surface area contributed by atoms with E-state index < -0.39 is 6.04 Å². The molecule has 1 fully saturated rings. The van der Waals surface area contributed by atoms with Gasteiger partial charge in [0.2, 0.25) is 0 Å². The molecule has 1 heterocycles. The number of nitrogens with one attached hydrogen (secondary N) is 1. The second-order valence-corrected chi connectivity index (χ2v) is 5.19. The molecule has 6 heteroatoms. The molecule has 102 valence electrons. The fourth-order valence-corrected chi connectivity index (χ4v) is 2.43. The van der Waals surface area contributed by atoms with Crippen molar-refractivity contribution < 1.29 is 14.3 Å². The summed E-state index contributed by atoms with van der Waals surface area (Å²) in [4.78, 5) is 25.2. The molecule has 1 aromatic rings. The van der Waals surface area contributed by atoms with Crippen LogP contribution in [0.3, 0.4) is 0 Å². The Hall–Kier alpha value is -1.40. The third-order valence-electron chi connectivity index (χ3n) is 2.94. The lowest BCUT2D eigenvalue weighted by Crippen LogP contribution is -2.32. The van der Waals surface area contributed by atoms with Crippen LogP contribution in [0.15, 0.2) is 28.7 Å². The Labute approximate surface area is 120 Å². The van der Waals surface area contributed by atoms with Gasteiger partial charge in [0.1, 0.15) is 6.04 Å². The summed E-state index contributed by atoms with van der Waals surface area (Å²) in [6.07, 6.45) is 0.640. The zero-order valence-electron chi connectivity index (χ0n) is 10.6. The molecule has 3 amide bonds. The fraction of sp³-hybridized carbons (Fsp3) is 0.385. The Bertz CT molecular complexity index is 493. The summed E-state index contributed by atoms with van der Waals surface area (Å²) < 4.78 is 5.80. The number of methoxy groups -OCH3 is 1. The predicted molar refractivity (Wildman–Crippen MR) is 73.6 cm³/mol. The van der Waals surface area contributed by atoms with Gasteiger partial charge < -0.3 is 10.1 Å². The minimum absolute atomic E-state index is 0.209. The third-order valence-corrected chi connectivity index (χ3v) is 3.43. The highest BCUT2D eigenvalue weighted by atomic mass is 79.9. The maximum absolute atomic E-state index is 12.2. The molecule has 0 bridgehead atoms. The molecule has 0 aromatic heterocycles. The summed E-state index contributed by atoms with van der Waals surface area (Å²) in [6, 6.07) is 6.44. The van der Waals surface area contributed by atoms with Gasteiger partial charge in [-0.2, -0.15) is 0 Å². The molecule has 1 aliphatic rings. The zero-order chi connectivity index (χ0) is 13.8. The van der Waals surface area contributed by atoms with Crippen molar-refractivity contribution in [3.05, 3.63) is 34.3 Å². The average Bonchev–Trinajstić information content (AvgIpc) is 2.67. The molecule has 0 spiro atoms. The highest BCUT2D eigenvalue weighted by molar-refractivity contribution is 9.10. The topological polar surface area (TPSA) is 58.6 Å². The number of benzene rings is 1. The molecule has 0 saturated carbocycles. The van der Waals surface area contributed by atoms with Gasteiger partial charge in [-0.1, -0.05) is 28.1 Å². The minimum atomic E-state index is -0.590. The molecular weight excluding hydrogens is 312 g/mol. The van der Waals surface area contributed by atoms with Gasteiger partial charge in [-0.3, -0.25) is 9.69 Å².